The molecule has 0 aliphatic heterocycles. The molecule has 0 radical (unpaired) electrons. The lowest BCUT2D eigenvalue weighted by molar-refractivity contribution is 0.585. The van der Waals surface area contributed by atoms with Crippen LogP contribution in [0.5, 0.6) is 0 Å². The fraction of sp³-hybridized carbons (Fsp3) is 0.500. The van der Waals surface area contributed by atoms with Crippen LogP contribution >= 0.6 is 0 Å². The Labute approximate surface area is 82.3 Å². The monoisotopic (exact) mass is 213 g/mol. The lowest BCUT2D eigenvalue weighted by Crippen LogP contribution is -2.10. The zero-order chi connectivity index (χ0) is 10.3. The van der Waals surface area contributed by atoms with Gasteiger partial charge in [0.15, 0.2) is 9.84 Å². The summed E-state index contributed by atoms with van der Waals surface area (Å²) in [5, 5.41) is 7.04. The molecule has 14 heavy (non-hydrogen) atoms. The number of sulfone groups is 1. The summed E-state index contributed by atoms with van der Waals surface area (Å²) in [6.07, 6.45) is 2.53. The molecule has 1 aliphatic rings. The Morgan fingerprint density at radius 1 is 1.50 bits per heavy atom. The summed E-state index contributed by atoms with van der Waals surface area (Å²) in [6.45, 7) is 0. The second-order valence-corrected chi connectivity index (χ2v) is 5.76. The Morgan fingerprint density at radius 2 is 2.21 bits per heavy atom. The molecule has 0 bridgehead atoms. The fourth-order valence-corrected chi connectivity index (χ4v) is 2.92. The van der Waals surface area contributed by atoms with E-state index in [0.29, 0.717) is 24.4 Å². The number of hydrogen-bond acceptors (Lipinski definition) is 5. The van der Waals surface area contributed by atoms with Gasteiger partial charge in [0.2, 0.25) is 0 Å². The summed E-state index contributed by atoms with van der Waals surface area (Å²) >= 11 is 0. The highest BCUT2D eigenvalue weighted by Crippen LogP contribution is 2.34. The van der Waals surface area contributed by atoms with Crippen molar-refractivity contribution < 1.29 is 8.42 Å². The second-order valence-electron chi connectivity index (χ2n) is 3.54. The van der Waals surface area contributed by atoms with Gasteiger partial charge in [-0.1, -0.05) is 0 Å². The summed E-state index contributed by atoms with van der Waals surface area (Å²) in [7, 11) is -3.07. The molecule has 6 heteroatoms. The molecular formula is C8H11N3O2S. The molecule has 0 saturated heterocycles. The number of nitrogen functional groups attached to an aromatic ring is 1. The summed E-state index contributed by atoms with van der Waals surface area (Å²) in [4.78, 5) is 0. The van der Waals surface area contributed by atoms with Crippen LogP contribution in [0, 0.1) is 0 Å². The minimum atomic E-state index is -3.07. The van der Waals surface area contributed by atoms with Crippen LogP contribution in [0.1, 0.15) is 22.9 Å². The van der Waals surface area contributed by atoms with Crippen LogP contribution in [0.3, 0.4) is 0 Å². The molecule has 1 atom stereocenters. The first kappa shape index (κ1) is 9.39. The molecule has 1 aliphatic carbocycles. The highest BCUT2D eigenvalue weighted by atomic mass is 32.2. The average molecular weight is 213 g/mol. The van der Waals surface area contributed by atoms with Crippen molar-refractivity contribution in [1.29, 1.82) is 0 Å². The summed E-state index contributed by atoms with van der Waals surface area (Å²) in [6, 6.07) is 1.70. The van der Waals surface area contributed by atoms with Gasteiger partial charge in [0.1, 0.15) is 11.1 Å². The third-order valence-corrected chi connectivity index (χ3v) is 3.91. The minimum absolute atomic E-state index is 0.345. The van der Waals surface area contributed by atoms with Crippen LogP contribution in [0.25, 0.3) is 0 Å². The average Bonchev–Trinajstić information content (AvgIpc) is 2.45. The van der Waals surface area contributed by atoms with Gasteiger partial charge in [0.25, 0.3) is 0 Å². The third kappa shape index (κ3) is 1.45. The van der Waals surface area contributed by atoms with E-state index in [-0.39, 0.29) is 0 Å². The zero-order valence-corrected chi connectivity index (χ0v) is 8.58. The van der Waals surface area contributed by atoms with Crippen molar-refractivity contribution in [2.75, 3.05) is 12.0 Å². The molecule has 76 valence electrons. The third-order valence-electron chi connectivity index (χ3n) is 2.42. The van der Waals surface area contributed by atoms with E-state index in [1.54, 1.807) is 6.07 Å². The van der Waals surface area contributed by atoms with Gasteiger partial charge in [-0.05, 0) is 24.5 Å². The van der Waals surface area contributed by atoms with E-state index in [0.717, 1.165) is 5.56 Å². The summed E-state index contributed by atoms with van der Waals surface area (Å²) in [5.41, 5.74) is 6.94. The molecule has 0 saturated carbocycles. The van der Waals surface area contributed by atoms with Crippen LogP contribution in [0.4, 0.5) is 5.82 Å². The van der Waals surface area contributed by atoms with Gasteiger partial charge in [-0.15, -0.1) is 5.10 Å². The first-order chi connectivity index (χ1) is 6.48. The Balaban J connectivity index is 2.51. The number of aryl methyl sites for hydroxylation is 1. The lowest BCUT2D eigenvalue weighted by atomic mass is 10.2. The number of nitrogens with two attached hydrogens (primary N) is 1. The molecule has 1 unspecified atom stereocenters. The zero-order valence-electron chi connectivity index (χ0n) is 7.77. The second kappa shape index (κ2) is 2.91. The SMILES string of the molecule is CS(=O)(=O)C1CCc2cc(N)nnc21. The predicted molar refractivity (Wildman–Crippen MR) is 52.4 cm³/mol. The van der Waals surface area contributed by atoms with Crippen molar-refractivity contribution >= 4 is 15.7 Å². The molecule has 1 aromatic rings. The highest BCUT2D eigenvalue weighted by molar-refractivity contribution is 7.90. The van der Waals surface area contributed by atoms with E-state index in [9.17, 15) is 8.42 Å². The molecule has 1 heterocycles. The molecule has 0 aromatic carbocycles. The van der Waals surface area contributed by atoms with Crippen molar-refractivity contribution in [1.82, 2.24) is 10.2 Å². The molecule has 1 aromatic heterocycles. The van der Waals surface area contributed by atoms with Gasteiger partial charge < -0.3 is 5.73 Å². The first-order valence-electron chi connectivity index (χ1n) is 4.29. The maximum atomic E-state index is 11.4. The Morgan fingerprint density at radius 3 is 2.86 bits per heavy atom. The number of rotatable bonds is 1. The Bertz CT molecular complexity index is 469. The van der Waals surface area contributed by atoms with Crippen LogP contribution in [0.15, 0.2) is 6.07 Å². The van der Waals surface area contributed by atoms with E-state index >= 15 is 0 Å². The maximum Gasteiger partial charge on any atom is 0.156 e. The molecule has 0 amide bonds. The number of anilines is 1. The first-order valence-corrected chi connectivity index (χ1v) is 6.25. The van der Waals surface area contributed by atoms with Gasteiger partial charge in [-0.2, -0.15) is 5.10 Å². The van der Waals surface area contributed by atoms with Crippen LogP contribution in [-0.2, 0) is 16.3 Å². The van der Waals surface area contributed by atoms with Gasteiger partial charge in [0, 0.05) is 6.26 Å². The van der Waals surface area contributed by atoms with E-state index in [1.807, 2.05) is 0 Å². The highest BCUT2D eigenvalue weighted by Gasteiger charge is 2.32. The molecule has 0 spiro atoms. The van der Waals surface area contributed by atoms with Crippen LogP contribution < -0.4 is 5.73 Å². The molecular weight excluding hydrogens is 202 g/mol. The topological polar surface area (TPSA) is 85.9 Å². The summed E-state index contributed by atoms with van der Waals surface area (Å²) < 4.78 is 22.8. The Kier molecular flexibility index (Phi) is 1.95. The van der Waals surface area contributed by atoms with E-state index in [2.05, 4.69) is 10.2 Å². The quantitative estimate of drug-likeness (QED) is 0.714. The number of hydrogen-bond donors (Lipinski definition) is 1. The number of nitrogens with zero attached hydrogens (tertiary/aromatic N) is 2. The van der Waals surface area contributed by atoms with Gasteiger partial charge in [-0.25, -0.2) is 8.42 Å². The fourth-order valence-electron chi connectivity index (χ4n) is 1.77. The molecule has 2 rings (SSSR count). The molecule has 2 N–H and O–H groups in total. The van der Waals surface area contributed by atoms with Crippen molar-refractivity contribution in [3.63, 3.8) is 0 Å². The largest absolute Gasteiger partial charge is 0.382 e. The standard InChI is InChI=1S/C8H11N3O2S/c1-14(12,13)6-3-2-5-4-7(9)10-11-8(5)6/h4,6H,2-3H2,1H3,(H2,9,10). The van der Waals surface area contributed by atoms with Crippen molar-refractivity contribution in [2.45, 2.75) is 18.1 Å². The summed E-state index contributed by atoms with van der Waals surface area (Å²) in [5.74, 6) is 0.345. The smallest absolute Gasteiger partial charge is 0.156 e. The predicted octanol–water partition coefficient (Wildman–Crippen LogP) is 0.0907. The lowest BCUT2D eigenvalue weighted by Gasteiger charge is -2.06. The number of aromatic nitrogens is 2. The molecule has 5 nitrogen and oxygen atoms in total. The van der Waals surface area contributed by atoms with Gasteiger partial charge in [0.05, 0.1) is 5.69 Å². The Hall–Kier alpha value is -1.17. The normalized spacial score (nSPS) is 20.8. The number of fused-ring (bicyclic) bond motifs is 1. The van der Waals surface area contributed by atoms with Crippen LogP contribution in [-0.4, -0.2) is 24.9 Å². The van der Waals surface area contributed by atoms with Crippen LogP contribution in [0.2, 0.25) is 0 Å². The molecule has 0 fully saturated rings. The van der Waals surface area contributed by atoms with Gasteiger partial charge >= 0.3 is 0 Å². The van der Waals surface area contributed by atoms with Crippen molar-refractivity contribution in [3.05, 3.63) is 17.3 Å². The minimum Gasteiger partial charge on any atom is -0.382 e. The van der Waals surface area contributed by atoms with Crippen molar-refractivity contribution in [2.24, 2.45) is 0 Å². The van der Waals surface area contributed by atoms with E-state index < -0.39 is 15.1 Å². The van der Waals surface area contributed by atoms with Gasteiger partial charge in [-0.3, -0.25) is 0 Å². The van der Waals surface area contributed by atoms with Crippen molar-refractivity contribution in [3.8, 4) is 0 Å². The maximum absolute atomic E-state index is 11.4. The van der Waals surface area contributed by atoms with E-state index in [1.165, 1.54) is 6.26 Å². The van der Waals surface area contributed by atoms with E-state index in [4.69, 9.17) is 5.73 Å².